The van der Waals surface area contributed by atoms with Crippen LogP contribution in [-0.4, -0.2) is 24.7 Å². The zero-order valence-corrected chi connectivity index (χ0v) is 10.3. The Morgan fingerprint density at radius 3 is 2.74 bits per heavy atom. The fraction of sp³-hybridized carbons (Fsp3) is 0.417. The molecule has 0 unspecified atom stereocenters. The van der Waals surface area contributed by atoms with E-state index in [0.717, 1.165) is 0 Å². The molecule has 0 spiro atoms. The standard InChI is InChI=1S/C12H9ClF4O2/c13-8-3-6-1-2-19-10(6)7(4-8)5-9(18)12(16,17)11(14)15/h3-4,11H,1-2,5H2. The van der Waals surface area contributed by atoms with Gasteiger partial charge < -0.3 is 4.74 Å². The van der Waals surface area contributed by atoms with Crippen LogP contribution in [0.15, 0.2) is 12.1 Å². The summed E-state index contributed by atoms with van der Waals surface area (Å²) in [5.41, 5.74) is 0.806. The normalized spacial score (nSPS) is 14.4. The van der Waals surface area contributed by atoms with Crippen molar-refractivity contribution in [1.29, 1.82) is 0 Å². The second-order valence-corrected chi connectivity index (χ2v) is 4.61. The predicted octanol–water partition coefficient (Wildman–Crippen LogP) is 3.29. The fourth-order valence-electron chi connectivity index (χ4n) is 1.89. The zero-order chi connectivity index (χ0) is 14.2. The summed E-state index contributed by atoms with van der Waals surface area (Å²) in [5.74, 6) is -6.21. The molecule has 0 aromatic heterocycles. The Morgan fingerprint density at radius 2 is 2.11 bits per heavy atom. The molecule has 1 aliphatic heterocycles. The highest BCUT2D eigenvalue weighted by Crippen LogP contribution is 2.35. The summed E-state index contributed by atoms with van der Waals surface area (Å²) >= 11 is 5.79. The van der Waals surface area contributed by atoms with Gasteiger partial charge in [0.15, 0.2) is 0 Å². The van der Waals surface area contributed by atoms with Crippen molar-refractivity contribution in [3.8, 4) is 5.75 Å². The lowest BCUT2D eigenvalue weighted by atomic mass is 10.0. The van der Waals surface area contributed by atoms with Crippen LogP contribution in [0.2, 0.25) is 5.02 Å². The molecule has 0 radical (unpaired) electrons. The summed E-state index contributed by atoms with van der Waals surface area (Å²) in [5, 5.41) is 0.257. The molecule has 1 heterocycles. The molecule has 1 aromatic rings. The van der Waals surface area contributed by atoms with E-state index in [4.69, 9.17) is 16.3 Å². The molecule has 0 aliphatic carbocycles. The summed E-state index contributed by atoms with van der Waals surface area (Å²) in [6.07, 6.45) is -4.31. The minimum absolute atomic E-state index is 0.116. The van der Waals surface area contributed by atoms with E-state index in [9.17, 15) is 22.4 Å². The third kappa shape index (κ3) is 2.68. The molecule has 0 amide bonds. The van der Waals surface area contributed by atoms with Crippen LogP contribution in [0.5, 0.6) is 5.75 Å². The van der Waals surface area contributed by atoms with E-state index in [1.54, 1.807) is 6.07 Å². The van der Waals surface area contributed by atoms with Gasteiger partial charge in [-0.05, 0) is 17.7 Å². The van der Waals surface area contributed by atoms with Crippen LogP contribution in [0.3, 0.4) is 0 Å². The molecule has 2 nitrogen and oxygen atoms in total. The van der Waals surface area contributed by atoms with Gasteiger partial charge in [-0.2, -0.15) is 8.78 Å². The van der Waals surface area contributed by atoms with Crippen LogP contribution < -0.4 is 4.74 Å². The maximum atomic E-state index is 12.9. The average Bonchev–Trinajstić information content (AvgIpc) is 2.76. The number of carbonyl (C=O) groups is 1. The third-order valence-electron chi connectivity index (χ3n) is 2.82. The molecule has 7 heteroatoms. The van der Waals surface area contributed by atoms with Gasteiger partial charge in [0.2, 0.25) is 5.78 Å². The lowest BCUT2D eigenvalue weighted by Crippen LogP contribution is -2.37. The van der Waals surface area contributed by atoms with Gasteiger partial charge in [0, 0.05) is 23.4 Å². The van der Waals surface area contributed by atoms with E-state index < -0.39 is 24.6 Å². The maximum Gasteiger partial charge on any atom is 0.364 e. The highest BCUT2D eigenvalue weighted by molar-refractivity contribution is 6.30. The highest BCUT2D eigenvalue weighted by atomic mass is 35.5. The van der Waals surface area contributed by atoms with Crippen LogP contribution >= 0.6 is 11.6 Å². The van der Waals surface area contributed by atoms with Crippen LogP contribution in [0, 0.1) is 0 Å². The molecule has 0 N–H and O–H groups in total. The lowest BCUT2D eigenvalue weighted by Gasteiger charge is -2.15. The van der Waals surface area contributed by atoms with Crippen LogP contribution in [0.1, 0.15) is 11.1 Å². The van der Waals surface area contributed by atoms with E-state index in [0.29, 0.717) is 24.3 Å². The van der Waals surface area contributed by atoms with Gasteiger partial charge >= 0.3 is 12.3 Å². The lowest BCUT2D eigenvalue weighted by molar-refractivity contribution is -0.166. The number of hydrogen-bond donors (Lipinski definition) is 0. The smallest absolute Gasteiger partial charge is 0.364 e. The van der Waals surface area contributed by atoms with Crippen molar-refractivity contribution < 1.29 is 27.1 Å². The van der Waals surface area contributed by atoms with E-state index in [1.807, 2.05) is 0 Å². The molecule has 0 bridgehead atoms. The Kier molecular flexibility index (Phi) is 3.71. The highest BCUT2D eigenvalue weighted by Gasteiger charge is 2.48. The van der Waals surface area contributed by atoms with Gasteiger partial charge in [0.05, 0.1) is 6.61 Å². The van der Waals surface area contributed by atoms with E-state index in [2.05, 4.69) is 0 Å². The Balaban J connectivity index is 2.28. The first kappa shape index (κ1) is 14.1. The van der Waals surface area contributed by atoms with Gasteiger partial charge in [-0.1, -0.05) is 11.6 Å². The van der Waals surface area contributed by atoms with Gasteiger partial charge in [-0.3, -0.25) is 4.79 Å². The van der Waals surface area contributed by atoms with E-state index >= 15 is 0 Å². The first-order valence-electron chi connectivity index (χ1n) is 5.45. The predicted molar refractivity (Wildman–Crippen MR) is 60.3 cm³/mol. The first-order valence-corrected chi connectivity index (χ1v) is 5.83. The number of Topliss-reactive ketones (excluding diaryl/α,β-unsaturated/α-hetero) is 1. The summed E-state index contributed by atoms with van der Waals surface area (Å²) in [6.45, 7) is 0.349. The minimum Gasteiger partial charge on any atom is -0.493 e. The number of carbonyl (C=O) groups excluding carboxylic acids is 1. The van der Waals surface area contributed by atoms with Crippen molar-refractivity contribution in [2.75, 3.05) is 6.61 Å². The number of ether oxygens (including phenoxy) is 1. The van der Waals surface area contributed by atoms with Crippen molar-refractivity contribution in [2.24, 2.45) is 0 Å². The minimum atomic E-state index is -4.66. The number of benzene rings is 1. The second kappa shape index (κ2) is 5.00. The molecule has 1 aliphatic rings. The van der Waals surface area contributed by atoms with Crippen molar-refractivity contribution in [3.05, 3.63) is 28.3 Å². The van der Waals surface area contributed by atoms with Crippen molar-refractivity contribution in [1.82, 2.24) is 0 Å². The molecule has 0 atom stereocenters. The number of halogens is 5. The van der Waals surface area contributed by atoms with Crippen LogP contribution in [0.25, 0.3) is 0 Å². The molecule has 19 heavy (non-hydrogen) atoms. The zero-order valence-electron chi connectivity index (χ0n) is 9.56. The number of alkyl halides is 4. The molecule has 0 fully saturated rings. The third-order valence-corrected chi connectivity index (χ3v) is 3.04. The topological polar surface area (TPSA) is 26.3 Å². The molecule has 104 valence electrons. The monoisotopic (exact) mass is 296 g/mol. The summed E-state index contributed by atoms with van der Waals surface area (Å²) in [4.78, 5) is 11.3. The number of hydrogen-bond acceptors (Lipinski definition) is 2. The molecule has 2 rings (SSSR count). The Morgan fingerprint density at radius 1 is 1.42 bits per heavy atom. The Labute approximate surface area is 111 Å². The average molecular weight is 297 g/mol. The van der Waals surface area contributed by atoms with E-state index in [1.165, 1.54) is 6.07 Å². The fourth-order valence-corrected chi connectivity index (χ4v) is 2.15. The SMILES string of the molecule is O=C(Cc1cc(Cl)cc2c1OCC2)C(F)(F)C(F)F. The quantitative estimate of drug-likeness (QED) is 0.797. The number of fused-ring (bicyclic) bond motifs is 1. The first-order chi connectivity index (χ1) is 8.82. The Hall–Kier alpha value is -1.30. The van der Waals surface area contributed by atoms with Crippen molar-refractivity contribution in [2.45, 2.75) is 25.2 Å². The number of ketones is 1. The summed E-state index contributed by atoms with van der Waals surface area (Å²) in [6, 6.07) is 2.88. The van der Waals surface area contributed by atoms with Gasteiger partial charge in [0.1, 0.15) is 5.75 Å². The van der Waals surface area contributed by atoms with Crippen LogP contribution in [0.4, 0.5) is 17.6 Å². The largest absolute Gasteiger partial charge is 0.493 e. The van der Waals surface area contributed by atoms with Crippen LogP contribution in [-0.2, 0) is 17.6 Å². The van der Waals surface area contributed by atoms with Gasteiger partial charge in [-0.25, -0.2) is 8.78 Å². The summed E-state index contributed by atoms with van der Waals surface area (Å²) < 4.78 is 55.2. The molecular weight excluding hydrogens is 288 g/mol. The molecule has 0 saturated heterocycles. The maximum absolute atomic E-state index is 12.9. The molecule has 0 saturated carbocycles. The molecule has 1 aromatic carbocycles. The second-order valence-electron chi connectivity index (χ2n) is 4.18. The van der Waals surface area contributed by atoms with Gasteiger partial charge in [-0.15, -0.1) is 0 Å². The van der Waals surface area contributed by atoms with E-state index in [-0.39, 0.29) is 10.6 Å². The summed E-state index contributed by atoms with van der Waals surface area (Å²) in [7, 11) is 0. The van der Waals surface area contributed by atoms with Crippen molar-refractivity contribution in [3.63, 3.8) is 0 Å². The van der Waals surface area contributed by atoms with Crippen molar-refractivity contribution >= 4 is 17.4 Å². The number of rotatable bonds is 4. The molecular formula is C12H9ClF4O2. The Bertz CT molecular complexity index is 517. The van der Waals surface area contributed by atoms with Gasteiger partial charge in [0.25, 0.3) is 0 Å².